The number of hydrogen-bond acceptors (Lipinski definition) is 2. The SMILES string of the molecule is CC(C)C(O)c1ccn(CCC(C)(C)C#N)c1. The fourth-order valence-corrected chi connectivity index (χ4v) is 1.62. The van der Waals surface area contributed by atoms with Crippen molar-refractivity contribution in [3.63, 3.8) is 0 Å². The molecule has 0 bridgehead atoms. The van der Waals surface area contributed by atoms with Crippen LogP contribution in [0.25, 0.3) is 0 Å². The zero-order valence-electron chi connectivity index (χ0n) is 11.1. The van der Waals surface area contributed by atoms with E-state index in [1.807, 2.05) is 50.7 Å². The van der Waals surface area contributed by atoms with Gasteiger partial charge < -0.3 is 9.67 Å². The van der Waals surface area contributed by atoms with Gasteiger partial charge in [-0.3, -0.25) is 0 Å². The molecule has 0 spiro atoms. The van der Waals surface area contributed by atoms with Gasteiger partial charge in [-0.05, 0) is 37.8 Å². The van der Waals surface area contributed by atoms with Crippen LogP contribution in [0.3, 0.4) is 0 Å². The van der Waals surface area contributed by atoms with Crippen LogP contribution in [0.4, 0.5) is 0 Å². The maximum Gasteiger partial charge on any atom is 0.0827 e. The fourth-order valence-electron chi connectivity index (χ4n) is 1.62. The highest BCUT2D eigenvalue weighted by atomic mass is 16.3. The van der Waals surface area contributed by atoms with E-state index in [1.54, 1.807) is 0 Å². The minimum atomic E-state index is -0.403. The number of aryl methyl sites for hydroxylation is 1. The van der Waals surface area contributed by atoms with Crippen molar-refractivity contribution in [3.05, 3.63) is 24.0 Å². The highest BCUT2D eigenvalue weighted by molar-refractivity contribution is 5.14. The predicted molar refractivity (Wildman–Crippen MR) is 68.2 cm³/mol. The molecule has 1 unspecified atom stereocenters. The van der Waals surface area contributed by atoms with Crippen LogP contribution in [0.2, 0.25) is 0 Å². The lowest BCUT2D eigenvalue weighted by Gasteiger charge is -2.15. The van der Waals surface area contributed by atoms with Crippen molar-refractivity contribution in [1.29, 1.82) is 5.26 Å². The molecule has 3 heteroatoms. The Kier molecular flexibility index (Phi) is 4.36. The molecule has 3 nitrogen and oxygen atoms in total. The molecular formula is C14H22N2O. The largest absolute Gasteiger partial charge is 0.388 e. The lowest BCUT2D eigenvalue weighted by molar-refractivity contribution is 0.127. The third kappa shape index (κ3) is 3.90. The summed E-state index contributed by atoms with van der Waals surface area (Å²) in [5, 5.41) is 18.9. The smallest absolute Gasteiger partial charge is 0.0827 e. The summed E-state index contributed by atoms with van der Waals surface area (Å²) in [7, 11) is 0. The molecule has 17 heavy (non-hydrogen) atoms. The van der Waals surface area contributed by atoms with E-state index < -0.39 is 6.10 Å². The fraction of sp³-hybridized carbons (Fsp3) is 0.643. The number of rotatable bonds is 5. The van der Waals surface area contributed by atoms with E-state index in [1.165, 1.54) is 0 Å². The van der Waals surface area contributed by atoms with Gasteiger partial charge in [0.2, 0.25) is 0 Å². The van der Waals surface area contributed by atoms with Crippen LogP contribution < -0.4 is 0 Å². The number of aromatic nitrogens is 1. The van der Waals surface area contributed by atoms with Crippen LogP contribution >= 0.6 is 0 Å². The molecule has 0 aromatic carbocycles. The first-order valence-corrected chi connectivity index (χ1v) is 6.11. The third-order valence-corrected chi connectivity index (χ3v) is 3.04. The Hall–Kier alpha value is -1.27. The summed E-state index contributed by atoms with van der Waals surface area (Å²) in [6.45, 7) is 8.70. The van der Waals surface area contributed by atoms with Crippen LogP contribution in [0, 0.1) is 22.7 Å². The minimum Gasteiger partial charge on any atom is -0.388 e. The number of hydrogen-bond donors (Lipinski definition) is 1. The van der Waals surface area contributed by atoms with E-state index in [-0.39, 0.29) is 11.3 Å². The molecule has 1 heterocycles. The monoisotopic (exact) mass is 234 g/mol. The number of aliphatic hydroxyl groups is 1. The molecule has 0 aliphatic rings. The summed E-state index contributed by atoms with van der Waals surface area (Å²) < 4.78 is 2.04. The number of nitriles is 1. The highest BCUT2D eigenvalue weighted by Gasteiger charge is 2.17. The Morgan fingerprint density at radius 2 is 2.12 bits per heavy atom. The molecule has 0 saturated heterocycles. The van der Waals surface area contributed by atoms with Crippen LogP contribution in [-0.4, -0.2) is 9.67 Å². The molecule has 1 rings (SSSR count). The van der Waals surface area contributed by atoms with Gasteiger partial charge in [0, 0.05) is 18.9 Å². The van der Waals surface area contributed by atoms with E-state index >= 15 is 0 Å². The zero-order valence-corrected chi connectivity index (χ0v) is 11.1. The summed E-state index contributed by atoms with van der Waals surface area (Å²) in [6, 6.07) is 4.25. The van der Waals surface area contributed by atoms with E-state index in [2.05, 4.69) is 6.07 Å². The van der Waals surface area contributed by atoms with Gasteiger partial charge in [0.1, 0.15) is 0 Å². The van der Waals surface area contributed by atoms with Gasteiger partial charge in [0.25, 0.3) is 0 Å². The van der Waals surface area contributed by atoms with Crippen LogP contribution in [-0.2, 0) is 6.54 Å². The van der Waals surface area contributed by atoms with Gasteiger partial charge >= 0.3 is 0 Å². The van der Waals surface area contributed by atoms with Crippen molar-refractivity contribution in [1.82, 2.24) is 4.57 Å². The first-order valence-electron chi connectivity index (χ1n) is 6.11. The topological polar surface area (TPSA) is 49.0 Å². The Balaban J connectivity index is 2.61. The summed E-state index contributed by atoms with van der Waals surface area (Å²) in [4.78, 5) is 0. The van der Waals surface area contributed by atoms with Crippen molar-refractivity contribution in [2.75, 3.05) is 0 Å². The van der Waals surface area contributed by atoms with Crippen LogP contribution in [0.5, 0.6) is 0 Å². The average Bonchev–Trinajstić information content (AvgIpc) is 2.74. The van der Waals surface area contributed by atoms with E-state index in [0.717, 1.165) is 18.5 Å². The van der Waals surface area contributed by atoms with Crippen molar-refractivity contribution in [3.8, 4) is 6.07 Å². The Morgan fingerprint density at radius 1 is 1.47 bits per heavy atom. The predicted octanol–water partition coefficient (Wildman–Crippen LogP) is 3.12. The molecular weight excluding hydrogens is 212 g/mol. The summed E-state index contributed by atoms with van der Waals surface area (Å²) >= 11 is 0. The Bertz CT molecular complexity index is 399. The van der Waals surface area contributed by atoms with E-state index in [4.69, 9.17) is 5.26 Å². The Morgan fingerprint density at radius 3 is 2.65 bits per heavy atom. The molecule has 0 saturated carbocycles. The van der Waals surface area contributed by atoms with Crippen LogP contribution in [0.1, 0.15) is 45.8 Å². The highest BCUT2D eigenvalue weighted by Crippen LogP contribution is 2.23. The van der Waals surface area contributed by atoms with E-state index in [0.29, 0.717) is 0 Å². The zero-order chi connectivity index (χ0) is 13.1. The first kappa shape index (κ1) is 13.8. The second kappa shape index (κ2) is 5.37. The molecule has 1 aromatic rings. The normalized spacial score (nSPS) is 13.7. The molecule has 1 N–H and O–H groups in total. The van der Waals surface area contributed by atoms with Crippen molar-refractivity contribution in [2.24, 2.45) is 11.3 Å². The van der Waals surface area contributed by atoms with Gasteiger partial charge in [-0.2, -0.15) is 5.26 Å². The molecule has 0 amide bonds. The molecule has 1 aromatic heterocycles. The van der Waals surface area contributed by atoms with Gasteiger partial charge in [-0.25, -0.2) is 0 Å². The lowest BCUT2D eigenvalue weighted by atomic mass is 9.91. The molecule has 0 fully saturated rings. The van der Waals surface area contributed by atoms with Crippen LogP contribution in [0.15, 0.2) is 18.5 Å². The first-order chi connectivity index (χ1) is 7.85. The quantitative estimate of drug-likeness (QED) is 0.851. The second-order valence-corrected chi connectivity index (χ2v) is 5.62. The molecule has 0 aliphatic heterocycles. The van der Waals surface area contributed by atoms with Crippen molar-refractivity contribution < 1.29 is 5.11 Å². The Labute approximate surface area is 104 Å². The van der Waals surface area contributed by atoms with Gasteiger partial charge in [-0.1, -0.05) is 13.8 Å². The standard InChI is InChI=1S/C14H22N2O/c1-11(2)13(17)12-5-7-16(9-12)8-6-14(3,4)10-15/h5,7,9,11,13,17H,6,8H2,1-4H3. The van der Waals surface area contributed by atoms with E-state index in [9.17, 15) is 5.11 Å². The second-order valence-electron chi connectivity index (χ2n) is 5.62. The summed E-state index contributed by atoms with van der Waals surface area (Å²) in [5.41, 5.74) is 0.663. The molecule has 0 radical (unpaired) electrons. The maximum absolute atomic E-state index is 9.92. The molecule has 94 valence electrons. The van der Waals surface area contributed by atoms with Crippen molar-refractivity contribution in [2.45, 2.75) is 46.8 Å². The van der Waals surface area contributed by atoms with Gasteiger partial charge in [-0.15, -0.1) is 0 Å². The molecule has 1 atom stereocenters. The number of aliphatic hydroxyl groups excluding tert-OH is 1. The minimum absolute atomic E-state index is 0.224. The maximum atomic E-state index is 9.92. The number of nitrogens with zero attached hydrogens (tertiary/aromatic N) is 2. The van der Waals surface area contributed by atoms with Crippen molar-refractivity contribution >= 4 is 0 Å². The molecule has 0 aliphatic carbocycles. The average molecular weight is 234 g/mol. The summed E-state index contributed by atoms with van der Waals surface area (Å²) in [6.07, 6.45) is 4.35. The van der Waals surface area contributed by atoms with Gasteiger partial charge in [0.05, 0.1) is 17.6 Å². The summed E-state index contributed by atoms with van der Waals surface area (Å²) in [5.74, 6) is 0.224. The third-order valence-electron chi connectivity index (χ3n) is 3.04. The van der Waals surface area contributed by atoms with Gasteiger partial charge in [0.15, 0.2) is 0 Å². The lowest BCUT2D eigenvalue weighted by Crippen LogP contribution is -2.11.